The third-order valence-electron chi connectivity index (χ3n) is 3.77. The van der Waals surface area contributed by atoms with E-state index in [9.17, 15) is 4.79 Å². The molecule has 0 aromatic heterocycles. The molecule has 1 rings (SSSR count). The summed E-state index contributed by atoms with van der Waals surface area (Å²) in [6, 6.07) is 2.36. The molecule has 1 atom stereocenters. The van der Waals surface area contributed by atoms with Gasteiger partial charge in [-0.15, -0.1) is 0 Å². The molecular weight excluding hydrogens is 212 g/mol. The van der Waals surface area contributed by atoms with Gasteiger partial charge in [-0.05, 0) is 38.0 Å². The molecule has 0 spiro atoms. The Morgan fingerprint density at radius 2 is 2.00 bits per heavy atom. The highest BCUT2D eigenvalue weighted by Gasteiger charge is 2.24. The quantitative estimate of drug-likeness (QED) is 0.797. The Morgan fingerprint density at radius 1 is 1.35 bits per heavy atom. The van der Waals surface area contributed by atoms with E-state index in [2.05, 4.69) is 18.3 Å². The van der Waals surface area contributed by atoms with Crippen LogP contribution in [0.4, 0.5) is 0 Å². The first-order valence-corrected chi connectivity index (χ1v) is 6.91. The number of carbonyl (C=O) groups excluding carboxylic acids is 1. The summed E-state index contributed by atoms with van der Waals surface area (Å²) in [5.41, 5.74) is 0. The Labute approximate surface area is 105 Å². The van der Waals surface area contributed by atoms with Crippen molar-refractivity contribution in [3.8, 4) is 6.07 Å². The van der Waals surface area contributed by atoms with Crippen LogP contribution in [-0.2, 0) is 4.79 Å². The number of nitrogens with one attached hydrogen (secondary N) is 1. The standard InChI is InChI=1S/C14H24N2O/c1-3-5-11-6-8-13(9-7-11)16-14(17)12(4-2)10-15/h11-13H,3-9H2,1-2H3,(H,16,17). The molecule has 0 aliphatic heterocycles. The van der Waals surface area contributed by atoms with Crippen molar-refractivity contribution < 1.29 is 4.79 Å². The van der Waals surface area contributed by atoms with Gasteiger partial charge in [-0.3, -0.25) is 4.79 Å². The van der Waals surface area contributed by atoms with Crippen LogP contribution in [0.1, 0.15) is 58.8 Å². The molecule has 0 aromatic rings. The number of carbonyl (C=O) groups is 1. The second kappa shape index (κ2) is 7.32. The summed E-state index contributed by atoms with van der Waals surface area (Å²) in [5.74, 6) is 0.309. The van der Waals surface area contributed by atoms with Crippen LogP contribution >= 0.6 is 0 Å². The fourth-order valence-electron chi connectivity index (χ4n) is 2.64. The minimum Gasteiger partial charge on any atom is -0.352 e. The average Bonchev–Trinajstić information content (AvgIpc) is 2.33. The molecule has 3 nitrogen and oxygen atoms in total. The van der Waals surface area contributed by atoms with Gasteiger partial charge >= 0.3 is 0 Å². The van der Waals surface area contributed by atoms with Crippen LogP contribution in [0.15, 0.2) is 0 Å². The van der Waals surface area contributed by atoms with E-state index in [1.54, 1.807) is 0 Å². The lowest BCUT2D eigenvalue weighted by Crippen LogP contribution is -2.40. The van der Waals surface area contributed by atoms with Gasteiger partial charge in [0.05, 0.1) is 6.07 Å². The summed E-state index contributed by atoms with van der Waals surface area (Å²) >= 11 is 0. The molecule has 1 saturated carbocycles. The number of nitriles is 1. The summed E-state index contributed by atoms with van der Waals surface area (Å²) in [5, 5.41) is 11.8. The van der Waals surface area contributed by atoms with Crippen molar-refractivity contribution in [2.24, 2.45) is 11.8 Å². The van der Waals surface area contributed by atoms with Crippen molar-refractivity contribution in [1.82, 2.24) is 5.32 Å². The van der Waals surface area contributed by atoms with Crippen LogP contribution < -0.4 is 5.32 Å². The summed E-state index contributed by atoms with van der Waals surface area (Å²) in [4.78, 5) is 11.7. The molecular formula is C14H24N2O. The van der Waals surface area contributed by atoms with Crippen LogP contribution in [0.5, 0.6) is 0 Å². The van der Waals surface area contributed by atoms with Crippen molar-refractivity contribution in [2.45, 2.75) is 64.8 Å². The lowest BCUT2D eigenvalue weighted by molar-refractivity contribution is -0.124. The lowest BCUT2D eigenvalue weighted by Gasteiger charge is -2.29. The first-order valence-electron chi connectivity index (χ1n) is 6.91. The SMILES string of the molecule is CCCC1CCC(NC(=O)C(C#N)CC)CC1. The van der Waals surface area contributed by atoms with Gasteiger partial charge < -0.3 is 5.32 Å². The predicted octanol–water partition coefficient (Wildman–Crippen LogP) is 3.01. The molecule has 1 unspecified atom stereocenters. The van der Waals surface area contributed by atoms with E-state index in [0.29, 0.717) is 12.5 Å². The largest absolute Gasteiger partial charge is 0.352 e. The molecule has 1 amide bonds. The molecule has 1 aliphatic carbocycles. The van der Waals surface area contributed by atoms with Crippen LogP contribution in [0.3, 0.4) is 0 Å². The molecule has 0 heterocycles. The minimum atomic E-state index is -0.469. The molecule has 3 heteroatoms. The van der Waals surface area contributed by atoms with E-state index in [4.69, 9.17) is 5.26 Å². The predicted molar refractivity (Wildman–Crippen MR) is 68.2 cm³/mol. The zero-order valence-corrected chi connectivity index (χ0v) is 11.0. The van der Waals surface area contributed by atoms with Gasteiger partial charge in [0, 0.05) is 6.04 Å². The summed E-state index contributed by atoms with van der Waals surface area (Å²) in [7, 11) is 0. The monoisotopic (exact) mass is 236 g/mol. The normalized spacial score (nSPS) is 25.9. The molecule has 0 radical (unpaired) electrons. The topological polar surface area (TPSA) is 52.9 Å². The Balaban J connectivity index is 2.31. The molecule has 17 heavy (non-hydrogen) atoms. The van der Waals surface area contributed by atoms with Crippen molar-refractivity contribution in [3.63, 3.8) is 0 Å². The van der Waals surface area contributed by atoms with Crippen LogP contribution in [0.25, 0.3) is 0 Å². The lowest BCUT2D eigenvalue weighted by atomic mass is 9.83. The third kappa shape index (κ3) is 4.38. The van der Waals surface area contributed by atoms with E-state index in [1.165, 1.54) is 25.7 Å². The number of amides is 1. The van der Waals surface area contributed by atoms with Gasteiger partial charge in [-0.1, -0.05) is 26.7 Å². The van der Waals surface area contributed by atoms with E-state index in [-0.39, 0.29) is 5.91 Å². The third-order valence-corrected chi connectivity index (χ3v) is 3.77. The van der Waals surface area contributed by atoms with Crippen LogP contribution in [-0.4, -0.2) is 11.9 Å². The highest BCUT2D eigenvalue weighted by atomic mass is 16.1. The van der Waals surface area contributed by atoms with Gasteiger partial charge in [0.25, 0.3) is 0 Å². The zero-order chi connectivity index (χ0) is 12.7. The van der Waals surface area contributed by atoms with Crippen molar-refractivity contribution in [3.05, 3.63) is 0 Å². The maximum absolute atomic E-state index is 11.7. The Bertz CT molecular complexity index is 274. The van der Waals surface area contributed by atoms with Crippen LogP contribution in [0.2, 0.25) is 0 Å². The van der Waals surface area contributed by atoms with Crippen molar-refractivity contribution in [1.29, 1.82) is 5.26 Å². The molecule has 1 N–H and O–H groups in total. The first-order chi connectivity index (χ1) is 8.21. The van der Waals surface area contributed by atoms with Crippen molar-refractivity contribution >= 4 is 5.91 Å². The molecule has 1 aliphatic rings. The second-order valence-corrected chi connectivity index (χ2v) is 5.10. The molecule has 96 valence electrons. The van der Waals surface area contributed by atoms with Crippen LogP contribution in [0, 0.1) is 23.2 Å². The molecule has 1 fully saturated rings. The van der Waals surface area contributed by atoms with Gasteiger partial charge in [0.2, 0.25) is 5.91 Å². The summed E-state index contributed by atoms with van der Waals surface area (Å²) < 4.78 is 0. The summed E-state index contributed by atoms with van der Waals surface area (Å²) in [6.45, 7) is 4.11. The molecule has 0 aromatic carbocycles. The molecule has 0 saturated heterocycles. The summed E-state index contributed by atoms with van der Waals surface area (Å²) in [6.07, 6.45) is 7.79. The average molecular weight is 236 g/mol. The number of hydrogen-bond acceptors (Lipinski definition) is 2. The molecule has 0 bridgehead atoms. The second-order valence-electron chi connectivity index (χ2n) is 5.10. The maximum atomic E-state index is 11.7. The fraction of sp³-hybridized carbons (Fsp3) is 0.857. The van der Waals surface area contributed by atoms with E-state index >= 15 is 0 Å². The highest BCUT2D eigenvalue weighted by molar-refractivity contribution is 5.81. The van der Waals surface area contributed by atoms with E-state index in [0.717, 1.165) is 18.8 Å². The number of nitrogens with zero attached hydrogens (tertiary/aromatic N) is 1. The van der Waals surface area contributed by atoms with E-state index < -0.39 is 5.92 Å². The Morgan fingerprint density at radius 3 is 2.47 bits per heavy atom. The maximum Gasteiger partial charge on any atom is 0.237 e. The zero-order valence-electron chi connectivity index (χ0n) is 11.0. The number of hydrogen-bond donors (Lipinski definition) is 1. The fourth-order valence-corrected chi connectivity index (χ4v) is 2.64. The van der Waals surface area contributed by atoms with Crippen molar-refractivity contribution in [2.75, 3.05) is 0 Å². The van der Waals surface area contributed by atoms with Gasteiger partial charge in [0.1, 0.15) is 5.92 Å². The van der Waals surface area contributed by atoms with Gasteiger partial charge in [-0.25, -0.2) is 0 Å². The van der Waals surface area contributed by atoms with Gasteiger partial charge in [0.15, 0.2) is 0 Å². The smallest absolute Gasteiger partial charge is 0.237 e. The van der Waals surface area contributed by atoms with E-state index in [1.807, 2.05) is 6.92 Å². The Kier molecular flexibility index (Phi) is 6.04. The minimum absolute atomic E-state index is 0.0751. The number of rotatable bonds is 5. The first kappa shape index (κ1) is 14.0. The van der Waals surface area contributed by atoms with Gasteiger partial charge in [-0.2, -0.15) is 5.26 Å². The Hall–Kier alpha value is -1.04. The highest BCUT2D eigenvalue weighted by Crippen LogP contribution is 2.27.